The summed E-state index contributed by atoms with van der Waals surface area (Å²) in [6.45, 7) is 0. The molecule has 1 aromatic carbocycles. The van der Waals surface area contributed by atoms with Gasteiger partial charge in [-0.15, -0.1) is 0 Å². The highest BCUT2D eigenvalue weighted by Crippen LogP contribution is 2.35. The topological polar surface area (TPSA) is 22.1 Å². The van der Waals surface area contributed by atoms with Gasteiger partial charge in [-0.1, -0.05) is 18.2 Å². The second-order valence-corrected chi connectivity index (χ2v) is 3.26. The van der Waals surface area contributed by atoms with Gasteiger partial charge < -0.3 is 4.74 Å². The molecule has 2 nitrogen and oxygen atoms in total. The molecule has 2 aromatic rings. The number of alkyl halides is 3. The number of ether oxygens (including phenoxy) is 1. The van der Waals surface area contributed by atoms with Crippen molar-refractivity contribution in [1.29, 1.82) is 0 Å². The molecule has 0 spiro atoms. The molecule has 2 rings (SSSR count). The van der Waals surface area contributed by atoms with Gasteiger partial charge in [0.05, 0.1) is 0 Å². The van der Waals surface area contributed by atoms with Gasteiger partial charge in [0.15, 0.2) is 11.4 Å². The maximum Gasteiger partial charge on any atom is 0.437 e. The molecule has 88 valence electrons. The van der Waals surface area contributed by atoms with E-state index in [9.17, 15) is 13.2 Å². The molecule has 1 heterocycles. The normalized spacial score (nSPS) is 11.2. The Kier molecular flexibility index (Phi) is 2.99. The lowest BCUT2D eigenvalue weighted by Gasteiger charge is -2.11. The van der Waals surface area contributed by atoms with Crippen molar-refractivity contribution >= 4 is 0 Å². The molecular formula is C12H8F3NO. The van der Waals surface area contributed by atoms with Crippen LogP contribution in [0.2, 0.25) is 0 Å². The number of hydrogen-bond donors (Lipinski definition) is 0. The highest BCUT2D eigenvalue weighted by atomic mass is 19.4. The van der Waals surface area contributed by atoms with Crippen LogP contribution in [-0.4, -0.2) is 4.98 Å². The molecule has 17 heavy (non-hydrogen) atoms. The van der Waals surface area contributed by atoms with Gasteiger partial charge in [0.2, 0.25) is 0 Å². The van der Waals surface area contributed by atoms with E-state index in [-0.39, 0.29) is 5.75 Å². The molecule has 1 aromatic heterocycles. The Hall–Kier alpha value is -2.04. The molecule has 0 saturated carbocycles. The first kappa shape index (κ1) is 11.4. The van der Waals surface area contributed by atoms with Gasteiger partial charge in [-0.2, -0.15) is 13.2 Å². The third-order valence-corrected chi connectivity index (χ3v) is 2.01. The van der Waals surface area contributed by atoms with Crippen LogP contribution < -0.4 is 4.74 Å². The monoisotopic (exact) mass is 239 g/mol. The van der Waals surface area contributed by atoms with Crippen LogP contribution in [0.25, 0.3) is 0 Å². The molecular weight excluding hydrogens is 231 g/mol. The van der Waals surface area contributed by atoms with Crippen LogP contribution in [0.4, 0.5) is 13.2 Å². The number of aromatic nitrogens is 1. The Balaban J connectivity index is 2.34. The minimum Gasteiger partial charge on any atom is -0.455 e. The van der Waals surface area contributed by atoms with Gasteiger partial charge in [0.1, 0.15) is 5.75 Å². The molecule has 0 radical (unpaired) electrons. The predicted octanol–water partition coefficient (Wildman–Crippen LogP) is 3.89. The van der Waals surface area contributed by atoms with Crippen LogP contribution in [0.5, 0.6) is 11.5 Å². The van der Waals surface area contributed by atoms with Crippen molar-refractivity contribution in [1.82, 2.24) is 4.98 Å². The summed E-state index contributed by atoms with van der Waals surface area (Å²) >= 11 is 0. The number of rotatable bonds is 2. The van der Waals surface area contributed by atoms with E-state index in [1.165, 1.54) is 12.1 Å². The van der Waals surface area contributed by atoms with Gasteiger partial charge >= 0.3 is 6.18 Å². The first-order valence-corrected chi connectivity index (χ1v) is 4.82. The fourth-order valence-electron chi connectivity index (χ4n) is 1.30. The number of benzene rings is 1. The molecule has 0 aliphatic heterocycles. The van der Waals surface area contributed by atoms with Crippen LogP contribution >= 0.6 is 0 Å². The van der Waals surface area contributed by atoms with Gasteiger partial charge in [-0.3, -0.25) is 0 Å². The zero-order valence-electron chi connectivity index (χ0n) is 8.61. The van der Waals surface area contributed by atoms with Gasteiger partial charge in [0.25, 0.3) is 0 Å². The highest BCUT2D eigenvalue weighted by molar-refractivity contribution is 5.34. The van der Waals surface area contributed by atoms with E-state index in [4.69, 9.17) is 4.74 Å². The third kappa shape index (κ3) is 2.75. The summed E-state index contributed by atoms with van der Waals surface area (Å²) in [6, 6.07) is 10.9. The fourth-order valence-corrected chi connectivity index (χ4v) is 1.30. The van der Waals surface area contributed by atoms with Crippen molar-refractivity contribution in [3.05, 3.63) is 54.4 Å². The summed E-state index contributed by atoms with van der Waals surface area (Å²) in [7, 11) is 0. The first-order valence-electron chi connectivity index (χ1n) is 4.82. The Morgan fingerprint density at radius 2 is 1.65 bits per heavy atom. The summed E-state index contributed by atoms with van der Waals surface area (Å²) in [5.74, 6) is 0.0391. The minimum atomic E-state index is -4.52. The molecule has 0 atom stereocenters. The summed E-state index contributed by atoms with van der Waals surface area (Å²) in [5, 5.41) is 0. The van der Waals surface area contributed by atoms with E-state index in [1.54, 1.807) is 30.3 Å². The van der Waals surface area contributed by atoms with E-state index in [0.717, 1.165) is 6.20 Å². The maximum absolute atomic E-state index is 12.6. The molecule has 0 N–H and O–H groups in total. The zero-order chi connectivity index (χ0) is 12.3. The quantitative estimate of drug-likeness (QED) is 0.793. The van der Waals surface area contributed by atoms with Crippen molar-refractivity contribution in [3.8, 4) is 11.5 Å². The standard InChI is InChI=1S/C12H8F3NO/c13-12(14,15)11-10(7-4-8-16-11)17-9-5-2-1-3-6-9/h1-8H. The smallest absolute Gasteiger partial charge is 0.437 e. The van der Waals surface area contributed by atoms with Gasteiger partial charge in [-0.25, -0.2) is 4.98 Å². The summed E-state index contributed by atoms with van der Waals surface area (Å²) in [5.41, 5.74) is -1.02. The van der Waals surface area contributed by atoms with Crippen molar-refractivity contribution in [2.24, 2.45) is 0 Å². The van der Waals surface area contributed by atoms with Crippen molar-refractivity contribution < 1.29 is 17.9 Å². The zero-order valence-corrected chi connectivity index (χ0v) is 8.61. The lowest BCUT2D eigenvalue weighted by Crippen LogP contribution is -2.09. The molecule has 0 aliphatic rings. The van der Waals surface area contributed by atoms with E-state index < -0.39 is 11.9 Å². The molecule has 0 amide bonds. The molecule has 0 bridgehead atoms. The maximum atomic E-state index is 12.6. The summed E-state index contributed by atoms with van der Waals surface area (Å²) in [4.78, 5) is 3.30. The lowest BCUT2D eigenvalue weighted by atomic mass is 10.3. The third-order valence-electron chi connectivity index (χ3n) is 2.01. The first-order chi connectivity index (χ1) is 8.07. The number of pyridine rings is 1. The van der Waals surface area contributed by atoms with Crippen LogP contribution in [0.15, 0.2) is 48.7 Å². The Bertz CT molecular complexity index is 497. The number of para-hydroxylation sites is 1. The van der Waals surface area contributed by atoms with Gasteiger partial charge in [0, 0.05) is 6.20 Å². The summed E-state index contributed by atoms with van der Waals surface area (Å²) < 4.78 is 43.0. The second-order valence-electron chi connectivity index (χ2n) is 3.26. The number of hydrogen-bond acceptors (Lipinski definition) is 2. The molecule has 0 saturated heterocycles. The highest BCUT2D eigenvalue weighted by Gasteiger charge is 2.36. The fraction of sp³-hybridized carbons (Fsp3) is 0.0833. The average molecular weight is 239 g/mol. The van der Waals surface area contributed by atoms with Crippen LogP contribution in [0.1, 0.15) is 5.69 Å². The Morgan fingerprint density at radius 3 is 2.29 bits per heavy atom. The SMILES string of the molecule is FC(F)(F)c1ncccc1Oc1ccccc1. The minimum absolute atomic E-state index is 0.300. The molecule has 5 heteroatoms. The van der Waals surface area contributed by atoms with E-state index in [0.29, 0.717) is 5.75 Å². The lowest BCUT2D eigenvalue weighted by molar-refractivity contribution is -0.142. The van der Waals surface area contributed by atoms with E-state index >= 15 is 0 Å². The van der Waals surface area contributed by atoms with Crippen molar-refractivity contribution in [3.63, 3.8) is 0 Å². The summed E-state index contributed by atoms with van der Waals surface area (Å²) in [6.07, 6.45) is -3.44. The van der Waals surface area contributed by atoms with Crippen LogP contribution in [-0.2, 0) is 6.18 Å². The Labute approximate surface area is 95.7 Å². The van der Waals surface area contributed by atoms with Crippen LogP contribution in [0, 0.1) is 0 Å². The molecule has 0 fully saturated rings. The van der Waals surface area contributed by atoms with E-state index in [1.807, 2.05) is 0 Å². The number of nitrogens with zero attached hydrogens (tertiary/aromatic N) is 1. The average Bonchev–Trinajstić information content (AvgIpc) is 2.30. The number of halogens is 3. The van der Waals surface area contributed by atoms with Crippen LogP contribution in [0.3, 0.4) is 0 Å². The van der Waals surface area contributed by atoms with Crippen molar-refractivity contribution in [2.75, 3.05) is 0 Å². The van der Waals surface area contributed by atoms with Gasteiger partial charge in [-0.05, 0) is 24.3 Å². The second kappa shape index (κ2) is 4.45. The molecule has 0 unspecified atom stereocenters. The largest absolute Gasteiger partial charge is 0.455 e. The van der Waals surface area contributed by atoms with E-state index in [2.05, 4.69) is 4.98 Å². The van der Waals surface area contributed by atoms with Crippen molar-refractivity contribution in [2.45, 2.75) is 6.18 Å². The predicted molar refractivity (Wildman–Crippen MR) is 55.8 cm³/mol. The Morgan fingerprint density at radius 1 is 0.941 bits per heavy atom. The molecule has 0 aliphatic carbocycles.